The Morgan fingerprint density at radius 3 is 3.22 bits per heavy atom. The van der Waals surface area contributed by atoms with Crippen LogP contribution in [-0.4, -0.2) is 48.7 Å². The monoisotopic (exact) mass is 270 g/mol. The lowest BCUT2D eigenvalue weighted by atomic mass is 10.3. The zero-order valence-electron chi connectivity index (χ0n) is 10.7. The van der Waals surface area contributed by atoms with Crippen molar-refractivity contribution in [3.63, 3.8) is 0 Å². The molecule has 0 bridgehead atoms. The number of esters is 1. The molecule has 0 aliphatic carbocycles. The Labute approximate surface area is 111 Å². The average Bonchev–Trinajstić information content (AvgIpc) is 2.89. The maximum atomic E-state index is 11.5. The summed E-state index contributed by atoms with van der Waals surface area (Å²) in [5.41, 5.74) is 0.383. The number of hydrogen-bond acceptors (Lipinski definition) is 6. The van der Waals surface area contributed by atoms with Gasteiger partial charge in [0.1, 0.15) is 11.1 Å². The van der Waals surface area contributed by atoms with Gasteiger partial charge in [0, 0.05) is 18.5 Å². The lowest BCUT2D eigenvalue weighted by Crippen LogP contribution is -2.38. The number of rotatable bonds is 4. The van der Waals surface area contributed by atoms with Crippen LogP contribution in [0.4, 0.5) is 0 Å². The van der Waals surface area contributed by atoms with Gasteiger partial charge in [0.15, 0.2) is 5.69 Å². The lowest BCUT2D eigenvalue weighted by molar-refractivity contribution is -0.0283. The van der Waals surface area contributed by atoms with Gasteiger partial charge in [-0.1, -0.05) is 6.92 Å². The van der Waals surface area contributed by atoms with Crippen molar-refractivity contribution in [3.8, 4) is 0 Å². The van der Waals surface area contributed by atoms with Gasteiger partial charge in [0.05, 0.1) is 13.2 Å². The molecule has 1 fully saturated rings. The highest BCUT2D eigenvalue weighted by molar-refractivity contribution is 7.09. The van der Waals surface area contributed by atoms with Crippen LogP contribution >= 0.6 is 11.3 Å². The van der Waals surface area contributed by atoms with E-state index in [1.807, 2.05) is 0 Å². The average molecular weight is 270 g/mol. The third-order valence-electron chi connectivity index (χ3n) is 2.88. The van der Waals surface area contributed by atoms with Crippen LogP contribution in [0.15, 0.2) is 5.38 Å². The Kier molecular flexibility index (Phi) is 4.68. The van der Waals surface area contributed by atoms with Crippen molar-refractivity contribution in [2.24, 2.45) is 0 Å². The molecule has 0 radical (unpaired) electrons. The summed E-state index contributed by atoms with van der Waals surface area (Å²) in [6.07, 6.45) is -0.0214. The largest absolute Gasteiger partial charge is 0.461 e. The molecule has 0 amide bonds. The second kappa shape index (κ2) is 6.26. The van der Waals surface area contributed by atoms with Gasteiger partial charge in [0.25, 0.3) is 0 Å². The molecule has 1 aliphatic rings. The number of carbonyl (C=O) groups is 1. The Morgan fingerprint density at radius 2 is 2.50 bits per heavy atom. The van der Waals surface area contributed by atoms with Crippen LogP contribution < -0.4 is 0 Å². The van der Waals surface area contributed by atoms with Crippen molar-refractivity contribution in [3.05, 3.63) is 16.1 Å². The molecule has 18 heavy (non-hydrogen) atoms. The lowest BCUT2D eigenvalue weighted by Gasteiger charge is -2.30. The van der Waals surface area contributed by atoms with Gasteiger partial charge in [0.2, 0.25) is 0 Å². The molecule has 2 heterocycles. The number of ether oxygens (including phenoxy) is 2. The molecule has 1 saturated heterocycles. The summed E-state index contributed by atoms with van der Waals surface area (Å²) in [7, 11) is 0. The van der Waals surface area contributed by atoms with Crippen molar-refractivity contribution in [1.29, 1.82) is 0 Å². The highest BCUT2D eigenvalue weighted by Gasteiger charge is 2.24. The third-order valence-corrected chi connectivity index (χ3v) is 3.82. The highest BCUT2D eigenvalue weighted by atomic mass is 32.1. The van der Waals surface area contributed by atoms with Gasteiger partial charge in [-0.3, -0.25) is 4.90 Å². The number of nitrogens with zero attached hydrogens (tertiary/aromatic N) is 2. The van der Waals surface area contributed by atoms with Crippen molar-refractivity contribution in [2.45, 2.75) is 20.0 Å². The molecular weight excluding hydrogens is 252 g/mol. The minimum absolute atomic E-state index is 0.0214. The second-order valence-electron chi connectivity index (χ2n) is 4.04. The normalized spacial score (nSPS) is 20.9. The van der Waals surface area contributed by atoms with Gasteiger partial charge in [-0.2, -0.15) is 0 Å². The summed E-state index contributed by atoms with van der Waals surface area (Å²) in [5, 5.41) is 2.60. The molecule has 0 aromatic carbocycles. The van der Waals surface area contributed by atoms with Crippen LogP contribution in [0.5, 0.6) is 0 Å². The van der Waals surface area contributed by atoms with E-state index in [1.54, 1.807) is 12.3 Å². The molecule has 0 saturated carbocycles. The van der Waals surface area contributed by atoms with E-state index in [0.29, 0.717) is 18.9 Å². The van der Waals surface area contributed by atoms with Gasteiger partial charge in [-0.25, -0.2) is 9.78 Å². The minimum Gasteiger partial charge on any atom is -0.461 e. The summed E-state index contributed by atoms with van der Waals surface area (Å²) < 4.78 is 10.6. The highest BCUT2D eigenvalue weighted by Crippen LogP contribution is 2.25. The summed E-state index contributed by atoms with van der Waals surface area (Å²) in [5.74, 6) is -0.358. The van der Waals surface area contributed by atoms with Crippen molar-refractivity contribution in [1.82, 2.24) is 9.88 Å². The van der Waals surface area contributed by atoms with Gasteiger partial charge >= 0.3 is 5.97 Å². The van der Waals surface area contributed by atoms with E-state index in [-0.39, 0.29) is 12.1 Å². The van der Waals surface area contributed by atoms with E-state index < -0.39 is 0 Å². The standard InChI is InChI=1S/C12H18N2O3S/c1-3-14-5-6-17-10(7-14)11-13-9(8-18-11)12(15)16-4-2/h8,10H,3-7H2,1-2H3. The molecule has 0 spiro atoms. The maximum Gasteiger partial charge on any atom is 0.357 e. The van der Waals surface area contributed by atoms with Crippen LogP contribution in [0, 0.1) is 0 Å². The molecule has 1 atom stereocenters. The predicted molar refractivity (Wildman–Crippen MR) is 68.9 cm³/mol. The van der Waals surface area contributed by atoms with Gasteiger partial charge in [-0.05, 0) is 13.5 Å². The number of carbonyl (C=O) groups excluding carboxylic acids is 1. The molecule has 1 aromatic rings. The molecule has 100 valence electrons. The number of likely N-dealkylation sites (N-methyl/N-ethyl adjacent to an activating group) is 1. The molecule has 2 rings (SSSR count). The number of hydrogen-bond donors (Lipinski definition) is 0. The van der Waals surface area contributed by atoms with Crippen molar-refractivity contribution in [2.75, 3.05) is 32.8 Å². The molecule has 0 N–H and O–H groups in total. The Bertz CT molecular complexity index is 408. The molecule has 1 aliphatic heterocycles. The van der Waals surface area contributed by atoms with Crippen LogP contribution in [0.25, 0.3) is 0 Å². The van der Waals surface area contributed by atoms with Crippen LogP contribution in [-0.2, 0) is 9.47 Å². The van der Waals surface area contributed by atoms with Gasteiger partial charge < -0.3 is 9.47 Å². The maximum absolute atomic E-state index is 11.5. The first-order valence-electron chi connectivity index (χ1n) is 6.21. The van der Waals surface area contributed by atoms with Crippen molar-refractivity contribution < 1.29 is 14.3 Å². The first kappa shape index (κ1) is 13.5. The second-order valence-corrected chi connectivity index (χ2v) is 4.93. The summed E-state index contributed by atoms with van der Waals surface area (Å²) in [6.45, 7) is 7.82. The number of thiazole rings is 1. The summed E-state index contributed by atoms with van der Waals surface area (Å²) in [6, 6.07) is 0. The Morgan fingerprint density at radius 1 is 1.67 bits per heavy atom. The Balaban J connectivity index is 2.03. The minimum atomic E-state index is -0.358. The fourth-order valence-electron chi connectivity index (χ4n) is 1.87. The Hall–Kier alpha value is -0.980. The van der Waals surface area contributed by atoms with Crippen LogP contribution in [0.1, 0.15) is 35.4 Å². The van der Waals surface area contributed by atoms with E-state index in [9.17, 15) is 4.79 Å². The van der Waals surface area contributed by atoms with Crippen LogP contribution in [0.3, 0.4) is 0 Å². The van der Waals surface area contributed by atoms with Crippen LogP contribution in [0.2, 0.25) is 0 Å². The molecule has 6 heteroatoms. The predicted octanol–water partition coefficient (Wildman–Crippen LogP) is 1.71. The zero-order chi connectivity index (χ0) is 13.0. The molecular formula is C12H18N2O3S. The first-order valence-corrected chi connectivity index (χ1v) is 7.09. The topological polar surface area (TPSA) is 51.7 Å². The van der Waals surface area contributed by atoms with E-state index in [2.05, 4.69) is 16.8 Å². The summed E-state index contributed by atoms with van der Waals surface area (Å²) >= 11 is 1.46. The molecule has 1 unspecified atom stereocenters. The number of aromatic nitrogens is 1. The fourth-order valence-corrected chi connectivity index (χ4v) is 2.70. The number of morpholine rings is 1. The van der Waals surface area contributed by atoms with Crippen molar-refractivity contribution >= 4 is 17.3 Å². The smallest absolute Gasteiger partial charge is 0.357 e. The molecule has 1 aromatic heterocycles. The fraction of sp³-hybridized carbons (Fsp3) is 0.667. The zero-order valence-corrected chi connectivity index (χ0v) is 11.5. The van der Waals surface area contributed by atoms with E-state index in [0.717, 1.165) is 24.6 Å². The SMILES string of the molecule is CCOC(=O)c1csc(C2CN(CC)CCO2)n1. The van der Waals surface area contributed by atoms with E-state index >= 15 is 0 Å². The summed E-state index contributed by atoms with van der Waals surface area (Å²) in [4.78, 5) is 18.2. The van der Waals surface area contributed by atoms with E-state index in [1.165, 1.54) is 11.3 Å². The quantitative estimate of drug-likeness (QED) is 0.780. The first-order chi connectivity index (χ1) is 8.74. The third kappa shape index (κ3) is 3.07. The van der Waals surface area contributed by atoms with Gasteiger partial charge in [-0.15, -0.1) is 11.3 Å². The van der Waals surface area contributed by atoms with E-state index in [4.69, 9.17) is 9.47 Å². The molecule has 5 nitrogen and oxygen atoms in total.